The molecule has 23 heavy (non-hydrogen) atoms. The molecule has 5 nitrogen and oxygen atoms in total. The molecule has 5 heteroatoms. The second-order valence-electron chi connectivity index (χ2n) is 5.43. The normalized spacial score (nSPS) is 11.5. The van der Waals surface area contributed by atoms with E-state index in [9.17, 15) is 0 Å². The van der Waals surface area contributed by atoms with E-state index in [0.717, 1.165) is 16.4 Å². The summed E-state index contributed by atoms with van der Waals surface area (Å²) in [6, 6.07) is 18.7. The van der Waals surface area contributed by atoms with Gasteiger partial charge < -0.3 is 4.98 Å². The van der Waals surface area contributed by atoms with Crippen LogP contribution in [0.5, 0.6) is 0 Å². The summed E-state index contributed by atoms with van der Waals surface area (Å²) in [4.78, 5) is 8.04. The van der Waals surface area contributed by atoms with Gasteiger partial charge in [-0.2, -0.15) is 0 Å². The van der Waals surface area contributed by atoms with Crippen LogP contribution >= 0.6 is 0 Å². The first-order chi connectivity index (χ1) is 11.4. The van der Waals surface area contributed by atoms with Gasteiger partial charge in [0.25, 0.3) is 0 Å². The third-order valence-corrected chi connectivity index (χ3v) is 4.12. The van der Waals surface area contributed by atoms with Crippen LogP contribution in [0.3, 0.4) is 0 Å². The second kappa shape index (κ2) is 4.58. The van der Waals surface area contributed by atoms with Crippen molar-refractivity contribution < 1.29 is 0 Å². The fourth-order valence-electron chi connectivity index (χ4n) is 3.05. The van der Waals surface area contributed by atoms with Crippen LogP contribution in [-0.2, 0) is 0 Å². The van der Waals surface area contributed by atoms with Crippen molar-refractivity contribution in [2.24, 2.45) is 0 Å². The van der Waals surface area contributed by atoms with Gasteiger partial charge in [0.15, 0.2) is 5.82 Å². The highest BCUT2D eigenvalue weighted by molar-refractivity contribution is 6.15. The van der Waals surface area contributed by atoms with Gasteiger partial charge in [-0.1, -0.05) is 42.5 Å². The van der Waals surface area contributed by atoms with Crippen molar-refractivity contribution in [3.63, 3.8) is 0 Å². The van der Waals surface area contributed by atoms with E-state index in [2.05, 4.69) is 68.9 Å². The molecule has 0 aliphatic rings. The lowest BCUT2D eigenvalue weighted by molar-refractivity contribution is 0.866. The van der Waals surface area contributed by atoms with Crippen molar-refractivity contribution in [2.45, 2.75) is 0 Å². The lowest BCUT2D eigenvalue weighted by Crippen LogP contribution is -1.90. The summed E-state index contributed by atoms with van der Waals surface area (Å²) in [6.45, 7) is 0. The number of H-pyrrole nitrogens is 1. The monoisotopic (exact) mass is 297 g/mol. The average molecular weight is 297 g/mol. The molecule has 0 aliphatic heterocycles. The molecule has 0 saturated heterocycles. The summed E-state index contributed by atoms with van der Waals surface area (Å²) in [5.74, 6) is 0.704. The van der Waals surface area contributed by atoms with Crippen LogP contribution in [0, 0.1) is 0 Å². The zero-order valence-electron chi connectivity index (χ0n) is 12.1. The summed E-state index contributed by atoms with van der Waals surface area (Å²) in [7, 11) is 0. The van der Waals surface area contributed by atoms with Gasteiger partial charge in [-0.15, -0.1) is 10.2 Å². The van der Waals surface area contributed by atoms with Gasteiger partial charge >= 0.3 is 0 Å². The number of nitrogens with zero attached hydrogens (tertiary/aromatic N) is 4. The van der Waals surface area contributed by atoms with Crippen LogP contribution in [0.2, 0.25) is 0 Å². The topological polar surface area (TPSA) is 67.3 Å². The Morgan fingerprint density at radius 3 is 2.61 bits per heavy atom. The third kappa shape index (κ3) is 1.80. The molecule has 0 aliphatic carbocycles. The van der Waals surface area contributed by atoms with Gasteiger partial charge in [0, 0.05) is 5.39 Å². The molecular weight excluding hydrogens is 286 g/mol. The number of aromatic nitrogens is 5. The van der Waals surface area contributed by atoms with Crippen molar-refractivity contribution >= 4 is 32.6 Å². The van der Waals surface area contributed by atoms with Crippen molar-refractivity contribution in [1.29, 1.82) is 0 Å². The average Bonchev–Trinajstić information content (AvgIpc) is 3.07. The first-order valence-corrected chi connectivity index (χ1v) is 7.35. The lowest BCUT2D eigenvalue weighted by atomic mass is 10.0. The molecule has 0 radical (unpaired) electrons. The number of imidazole rings is 1. The highest BCUT2D eigenvalue weighted by atomic mass is 15.3. The zero-order valence-corrected chi connectivity index (χ0v) is 12.1. The fourth-order valence-corrected chi connectivity index (χ4v) is 3.05. The largest absolute Gasteiger partial charge is 0.337 e. The standard InChI is InChI=1S/C18H11N5/c1-2-4-12-11(3-1)5-6-14-13(12)7-8-15-17(14)21-18(20-15)16-9-10-19-23-22-16/h1-10H,(H,20,21). The van der Waals surface area contributed by atoms with E-state index in [1.54, 1.807) is 12.3 Å². The Hall–Kier alpha value is -3.34. The number of nitrogens with one attached hydrogen (secondary N) is 1. The van der Waals surface area contributed by atoms with Crippen LogP contribution in [0.1, 0.15) is 0 Å². The lowest BCUT2D eigenvalue weighted by Gasteiger charge is -2.03. The van der Waals surface area contributed by atoms with Crippen molar-refractivity contribution in [3.05, 3.63) is 60.8 Å². The zero-order chi connectivity index (χ0) is 15.2. The van der Waals surface area contributed by atoms with Gasteiger partial charge in [-0.25, -0.2) is 4.98 Å². The van der Waals surface area contributed by atoms with Gasteiger partial charge in [-0.05, 0) is 33.5 Å². The molecule has 1 N–H and O–H groups in total. The van der Waals surface area contributed by atoms with E-state index in [1.807, 2.05) is 0 Å². The molecule has 0 bridgehead atoms. The minimum Gasteiger partial charge on any atom is -0.337 e. The van der Waals surface area contributed by atoms with Crippen LogP contribution in [0.25, 0.3) is 44.1 Å². The van der Waals surface area contributed by atoms with Crippen molar-refractivity contribution in [3.8, 4) is 11.5 Å². The molecule has 0 saturated carbocycles. The molecule has 0 amide bonds. The summed E-state index contributed by atoms with van der Waals surface area (Å²) >= 11 is 0. The quantitative estimate of drug-likeness (QED) is 0.479. The molecule has 2 aromatic heterocycles. The third-order valence-electron chi connectivity index (χ3n) is 4.12. The molecule has 5 rings (SSSR count). The summed E-state index contributed by atoms with van der Waals surface area (Å²) < 4.78 is 0. The minimum absolute atomic E-state index is 0.685. The van der Waals surface area contributed by atoms with Gasteiger partial charge in [0.05, 0.1) is 17.2 Å². The number of fused-ring (bicyclic) bond motifs is 5. The minimum atomic E-state index is 0.685. The van der Waals surface area contributed by atoms with E-state index in [1.165, 1.54) is 16.2 Å². The fraction of sp³-hybridized carbons (Fsp3) is 0. The van der Waals surface area contributed by atoms with Crippen molar-refractivity contribution in [1.82, 2.24) is 25.4 Å². The summed E-state index contributed by atoms with van der Waals surface area (Å²) in [5, 5.41) is 16.2. The molecule has 0 spiro atoms. The number of benzene rings is 3. The van der Waals surface area contributed by atoms with Crippen LogP contribution in [0.15, 0.2) is 60.8 Å². The van der Waals surface area contributed by atoms with E-state index in [-0.39, 0.29) is 0 Å². The molecule has 2 heterocycles. The first-order valence-electron chi connectivity index (χ1n) is 7.35. The van der Waals surface area contributed by atoms with E-state index in [0.29, 0.717) is 11.5 Å². The Morgan fingerprint density at radius 1 is 0.783 bits per heavy atom. The molecule has 0 unspecified atom stereocenters. The molecule has 3 aromatic carbocycles. The maximum atomic E-state index is 4.73. The Kier molecular flexibility index (Phi) is 2.43. The van der Waals surface area contributed by atoms with Gasteiger partial charge in [-0.3, -0.25) is 0 Å². The maximum absolute atomic E-state index is 4.73. The van der Waals surface area contributed by atoms with Crippen LogP contribution in [0.4, 0.5) is 0 Å². The molecule has 108 valence electrons. The van der Waals surface area contributed by atoms with Crippen LogP contribution < -0.4 is 0 Å². The van der Waals surface area contributed by atoms with Crippen molar-refractivity contribution in [2.75, 3.05) is 0 Å². The molecule has 5 aromatic rings. The van der Waals surface area contributed by atoms with E-state index >= 15 is 0 Å². The predicted octanol–water partition coefficient (Wildman–Crippen LogP) is 3.72. The molecule has 0 atom stereocenters. The van der Waals surface area contributed by atoms with Gasteiger partial charge in [0.2, 0.25) is 0 Å². The number of hydrogen-bond donors (Lipinski definition) is 1. The Morgan fingerprint density at radius 2 is 1.70 bits per heavy atom. The number of aromatic amines is 1. The van der Waals surface area contributed by atoms with Gasteiger partial charge in [0.1, 0.15) is 5.69 Å². The smallest absolute Gasteiger partial charge is 0.159 e. The van der Waals surface area contributed by atoms with E-state index in [4.69, 9.17) is 4.98 Å². The summed E-state index contributed by atoms with van der Waals surface area (Å²) in [6.07, 6.45) is 1.61. The Balaban J connectivity index is 1.86. The first kappa shape index (κ1) is 12.2. The second-order valence-corrected chi connectivity index (χ2v) is 5.43. The Labute approximate surface area is 131 Å². The predicted molar refractivity (Wildman–Crippen MR) is 89.9 cm³/mol. The van der Waals surface area contributed by atoms with E-state index < -0.39 is 0 Å². The van der Waals surface area contributed by atoms with Crippen LogP contribution in [-0.4, -0.2) is 25.4 Å². The molecular formula is C18H11N5. The number of rotatable bonds is 1. The highest BCUT2D eigenvalue weighted by Gasteiger charge is 2.10. The Bertz CT molecular complexity index is 1160. The maximum Gasteiger partial charge on any atom is 0.159 e. The highest BCUT2D eigenvalue weighted by Crippen LogP contribution is 2.31. The number of hydrogen-bond acceptors (Lipinski definition) is 4. The molecule has 0 fully saturated rings. The SMILES string of the molecule is c1ccc2c(c1)ccc1c2ccc2[nH]c(-c3ccnnn3)nc21. The summed E-state index contributed by atoms with van der Waals surface area (Å²) in [5.41, 5.74) is 2.62.